The van der Waals surface area contributed by atoms with Gasteiger partial charge in [0.2, 0.25) is 0 Å². The van der Waals surface area contributed by atoms with Crippen molar-refractivity contribution in [3.8, 4) is 11.5 Å². The highest BCUT2D eigenvalue weighted by molar-refractivity contribution is 9.10. The highest BCUT2D eigenvalue weighted by Crippen LogP contribution is 2.41. The second kappa shape index (κ2) is 7.01. The molecule has 2 aliphatic rings. The number of halogens is 1. The van der Waals surface area contributed by atoms with Crippen molar-refractivity contribution in [2.24, 2.45) is 5.92 Å². The van der Waals surface area contributed by atoms with Crippen molar-refractivity contribution in [2.75, 3.05) is 19.8 Å². The van der Waals surface area contributed by atoms with Crippen LogP contribution < -0.4 is 14.8 Å². The summed E-state index contributed by atoms with van der Waals surface area (Å²) < 4.78 is 12.5. The zero-order valence-electron chi connectivity index (χ0n) is 12.7. The van der Waals surface area contributed by atoms with Crippen LogP contribution in [0.4, 0.5) is 0 Å². The fourth-order valence-electron chi connectivity index (χ4n) is 3.05. The number of hydrogen-bond donors (Lipinski definition) is 1. The molecule has 3 nitrogen and oxygen atoms in total. The SMILES string of the molecule is CCCNC(CC1CCC1)c1cc2c(cc1Br)OCCO2. The first-order chi connectivity index (χ1) is 10.3. The number of fused-ring (bicyclic) bond motifs is 1. The van der Waals surface area contributed by atoms with Crippen molar-refractivity contribution in [3.05, 3.63) is 22.2 Å². The predicted molar refractivity (Wildman–Crippen MR) is 88.1 cm³/mol. The summed E-state index contributed by atoms with van der Waals surface area (Å²) in [5, 5.41) is 3.71. The third kappa shape index (κ3) is 3.54. The van der Waals surface area contributed by atoms with Gasteiger partial charge in [-0.2, -0.15) is 0 Å². The number of nitrogens with one attached hydrogen (secondary N) is 1. The zero-order chi connectivity index (χ0) is 14.7. The molecule has 1 unspecified atom stereocenters. The van der Waals surface area contributed by atoms with Gasteiger partial charge in [0.05, 0.1) is 0 Å². The van der Waals surface area contributed by atoms with Crippen LogP contribution >= 0.6 is 15.9 Å². The molecule has 1 fully saturated rings. The topological polar surface area (TPSA) is 30.5 Å². The Labute approximate surface area is 135 Å². The summed E-state index contributed by atoms with van der Waals surface area (Å²) in [5.41, 5.74) is 1.31. The Morgan fingerprint density at radius 3 is 2.57 bits per heavy atom. The molecule has 0 aromatic heterocycles. The Balaban J connectivity index is 1.82. The van der Waals surface area contributed by atoms with Gasteiger partial charge in [0.1, 0.15) is 13.2 Å². The molecule has 1 saturated carbocycles. The van der Waals surface area contributed by atoms with Crippen LogP contribution in [0.2, 0.25) is 0 Å². The molecule has 1 aromatic rings. The summed E-state index contributed by atoms with van der Waals surface area (Å²) in [5.74, 6) is 2.62. The van der Waals surface area contributed by atoms with E-state index in [0.717, 1.165) is 34.9 Å². The molecule has 21 heavy (non-hydrogen) atoms. The Kier molecular flexibility index (Phi) is 5.07. The molecule has 1 aromatic carbocycles. The van der Waals surface area contributed by atoms with E-state index in [0.29, 0.717) is 19.3 Å². The quantitative estimate of drug-likeness (QED) is 0.819. The van der Waals surface area contributed by atoms with Crippen LogP contribution in [0.3, 0.4) is 0 Å². The fourth-order valence-corrected chi connectivity index (χ4v) is 3.65. The highest BCUT2D eigenvalue weighted by Gasteiger charge is 2.25. The van der Waals surface area contributed by atoms with Gasteiger partial charge >= 0.3 is 0 Å². The molecular formula is C17H24BrNO2. The van der Waals surface area contributed by atoms with Crippen LogP contribution in [-0.4, -0.2) is 19.8 Å². The smallest absolute Gasteiger partial charge is 0.162 e. The summed E-state index contributed by atoms with van der Waals surface area (Å²) in [6, 6.07) is 4.62. The van der Waals surface area contributed by atoms with Crippen molar-refractivity contribution in [3.63, 3.8) is 0 Å². The molecule has 0 amide bonds. The van der Waals surface area contributed by atoms with Crippen LogP contribution in [0.25, 0.3) is 0 Å². The van der Waals surface area contributed by atoms with Gasteiger partial charge in [-0.05, 0) is 43.0 Å². The number of rotatable bonds is 6. The maximum atomic E-state index is 5.75. The monoisotopic (exact) mass is 353 g/mol. The van der Waals surface area contributed by atoms with E-state index in [1.165, 1.54) is 31.2 Å². The molecule has 0 saturated heterocycles. The molecular weight excluding hydrogens is 330 g/mol. The lowest BCUT2D eigenvalue weighted by Crippen LogP contribution is -2.27. The Morgan fingerprint density at radius 2 is 1.95 bits per heavy atom. The van der Waals surface area contributed by atoms with Crippen molar-refractivity contribution in [2.45, 2.75) is 45.1 Å². The van der Waals surface area contributed by atoms with E-state index in [1.807, 2.05) is 0 Å². The molecule has 0 radical (unpaired) electrons. The Morgan fingerprint density at radius 1 is 1.24 bits per heavy atom. The summed E-state index contributed by atoms with van der Waals surface area (Å²) in [6.07, 6.45) is 6.54. The predicted octanol–water partition coefficient (Wildman–Crippen LogP) is 4.45. The van der Waals surface area contributed by atoms with Gasteiger partial charge in [-0.25, -0.2) is 0 Å². The van der Waals surface area contributed by atoms with Crippen molar-refractivity contribution < 1.29 is 9.47 Å². The normalized spacial score (nSPS) is 19.1. The maximum absolute atomic E-state index is 5.75. The van der Waals surface area contributed by atoms with Gasteiger partial charge in [0.25, 0.3) is 0 Å². The molecule has 1 heterocycles. The average Bonchev–Trinajstić information content (AvgIpc) is 2.45. The van der Waals surface area contributed by atoms with Crippen molar-refractivity contribution >= 4 is 15.9 Å². The lowest BCUT2D eigenvalue weighted by Gasteiger charge is -2.31. The minimum Gasteiger partial charge on any atom is -0.486 e. The van der Waals surface area contributed by atoms with E-state index in [1.54, 1.807) is 0 Å². The molecule has 116 valence electrons. The molecule has 1 aliphatic carbocycles. The average molecular weight is 354 g/mol. The van der Waals surface area contributed by atoms with Crippen LogP contribution in [0, 0.1) is 5.92 Å². The third-order valence-electron chi connectivity index (χ3n) is 4.47. The molecule has 3 rings (SSSR count). The summed E-state index contributed by atoms with van der Waals surface area (Å²) in [6.45, 7) is 4.55. The van der Waals surface area contributed by atoms with E-state index in [2.05, 4.69) is 40.3 Å². The molecule has 1 aliphatic heterocycles. The van der Waals surface area contributed by atoms with E-state index >= 15 is 0 Å². The van der Waals surface area contributed by atoms with Crippen molar-refractivity contribution in [1.29, 1.82) is 0 Å². The van der Waals surface area contributed by atoms with Gasteiger partial charge in [-0.3, -0.25) is 0 Å². The van der Waals surface area contributed by atoms with E-state index in [4.69, 9.17) is 9.47 Å². The third-order valence-corrected chi connectivity index (χ3v) is 5.16. The first-order valence-electron chi connectivity index (χ1n) is 8.10. The number of hydrogen-bond acceptors (Lipinski definition) is 3. The van der Waals surface area contributed by atoms with Gasteiger partial charge in [0.15, 0.2) is 11.5 Å². The summed E-state index contributed by atoms with van der Waals surface area (Å²) in [4.78, 5) is 0. The lowest BCUT2D eigenvalue weighted by atomic mass is 9.79. The zero-order valence-corrected chi connectivity index (χ0v) is 14.2. The minimum atomic E-state index is 0.403. The van der Waals surface area contributed by atoms with Crippen LogP contribution in [0.15, 0.2) is 16.6 Å². The second-order valence-electron chi connectivity index (χ2n) is 6.06. The number of ether oxygens (including phenoxy) is 2. The standard InChI is InChI=1S/C17H24BrNO2/c1-2-6-19-15(9-12-4-3-5-12)13-10-16-17(11-14(13)18)21-8-7-20-16/h10-12,15,19H,2-9H2,1H3. The summed E-state index contributed by atoms with van der Waals surface area (Å²) in [7, 11) is 0. The molecule has 4 heteroatoms. The van der Waals surface area contributed by atoms with Crippen LogP contribution in [0.1, 0.15) is 50.6 Å². The fraction of sp³-hybridized carbons (Fsp3) is 0.647. The van der Waals surface area contributed by atoms with Gasteiger partial charge in [-0.15, -0.1) is 0 Å². The van der Waals surface area contributed by atoms with Gasteiger partial charge in [-0.1, -0.05) is 42.1 Å². The Hall–Kier alpha value is -0.740. The van der Waals surface area contributed by atoms with Crippen LogP contribution in [-0.2, 0) is 0 Å². The van der Waals surface area contributed by atoms with E-state index < -0.39 is 0 Å². The second-order valence-corrected chi connectivity index (χ2v) is 6.91. The van der Waals surface area contributed by atoms with Crippen LogP contribution in [0.5, 0.6) is 11.5 Å². The molecule has 0 bridgehead atoms. The Bertz CT molecular complexity index is 488. The van der Waals surface area contributed by atoms with Gasteiger partial charge in [0, 0.05) is 10.5 Å². The molecule has 1 N–H and O–H groups in total. The lowest BCUT2D eigenvalue weighted by molar-refractivity contribution is 0.171. The van der Waals surface area contributed by atoms with Gasteiger partial charge < -0.3 is 14.8 Å². The number of benzene rings is 1. The molecule has 1 atom stereocenters. The molecule has 0 spiro atoms. The minimum absolute atomic E-state index is 0.403. The van der Waals surface area contributed by atoms with E-state index in [-0.39, 0.29) is 0 Å². The van der Waals surface area contributed by atoms with E-state index in [9.17, 15) is 0 Å². The van der Waals surface area contributed by atoms with Crippen molar-refractivity contribution in [1.82, 2.24) is 5.32 Å². The maximum Gasteiger partial charge on any atom is 0.162 e. The highest BCUT2D eigenvalue weighted by atomic mass is 79.9. The largest absolute Gasteiger partial charge is 0.486 e. The first-order valence-corrected chi connectivity index (χ1v) is 8.89. The first kappa shape index (κ1) is 15.2. The summed E-state index contributed by atoms with van der Waals surface area (Å²) >= 11 is 3.72.